The molecule has 0 bridgehead atoms. The molecule has 1 aromatic carbocycles. The van der Waals surface area contributed by atoms with Crippen LogP contribution in [0.3, 0.4) is 0 Å². The van der Waals surface area contributed by atoms with Crippen LogP contribution in [0.25, 0.3) is 0 Å². The van der Waals surface area contributed by atoms with Crippen molar-refractivity contribution >= 4 is 0 Å². The minimum Gasteiger partial charge on any atom is -0.508 e. The van der Waals surface area contributed by atoms with E-state index >= 15 is 0 Å². The van der Waals surface area contributed by atoms with Crippen molar-refractivity contribution in [1.29, 1.82) is 0 Å². The number of hydrogen-bond acceptors (Lipinski definition) is 2. The maximum Gasteiger partial charge on any atom is 0.120 e. The second-order valence-electron chi connectivity index (χ2n) is 6.73. The zero-order valence-electron chi connectivity index (χ0n) is 12.8. The van der Waals surface area contributed by atoms with Crippen LogP contribution in [0.2, 0.25) is 0 Å². The van der Waals surface area contributed by atoms with Crippen LogP contribution < -0.4 is 0 Å². The van der Waals surface area contributed by atoms with Crippen molar-refractivity contribution in [1.82, 2.24) is 4.90 Å². The van der Waals surface area contributed by atoms with Crippen molar-refractivity contribution in [3.8, 4) is 5.75 Å². The van der Waals surface area contributed by atoms with Gasteiger partial charge in [-0.15, -0.1) is 0 Å². The normalized spacial score (nSPS) is 28.9. The number of likely N-dealkylation sites (tertiary alicyclic amines) is 1. The standard InChI is InChI=1S/C18H27NO/c1-13-9-10-16(18(20)12-13)14(2)19-11-5-7-15-6-3-4-8-17(15)19/h9-10,12,14-15,17,20H,3-8,11H2,1-2H3/t14?,15-,17-/m1/s1. The van der Waals surface area contributed by atoms with E-state index in [2.05, 4.69) is 24.0 Å². The molecule has 1 saturated carbocycles. The van der Waals surface area contributed by atoms with E-state index in [-0.39, 0.29) is 0 Å². The molecule has 2 fully saturated rings. The van der Waals surface area contributed by atoms with Crippen LogP contribution in [-0.2, 0) is 0 Å². The number of phenolic OH excluding ortho intramolecular Hbond substituents is 1. The number of nitrogens with zero attached hydrogens (tertiary/aromatic N) is 1. The van der Waals surface area contributed by atoms with Gasteiger partial charge in [-0.05, 0) is 63.6 Å². The molecule has 0 amide bonds. The summed E-state index contributed by atoms with van der Waals surface area (Å²) in [7, 11) is 0. The predicted octanol–water partition coefficient (Wildman–Crippen LogP) is 4.42. The lowest BCUT2D eigenvalue weighted by molar-refractivity contribution is 0.0301. The van der Waals surface area contributed by atoms with Gasteiger partial charge in [0.15, 0.2) is 0 Å². The summed E-state index contributed by atoms with van der Waals surface area (Å²) in [6.07, 6.45) is 8.28. The first-order valence-electron chi connectivity index (χ1n) is 8.22. The van der Waals surface area contributed by atoms with Gasteiger partial charge in [0, 0.05) is 17.6 Å². The van der Waals surface area contributed by atoms with Gasteiger partial charge in [-0.1, -0.05) is 25.0 Å². The lowest BCUT2D eigenvalue weighted by atomic mass is 9.77. The molecule has 3 atom stereocenters. The van der Waals surface area contributed by atoms with Crippen LogP contribution in [-0.4, -0.2) is 22.6 Å². The van der Waals surface area contributed by atoms with Crippen LogP contribution in [0, 0.1) is 12.8 Å². The van der Waals surface area contributed by atoms with Gasteiger partial charge in [-0.25, -0.2) is 0 Å². The Kier molecular flexibility index (Phi) is 4.02. The van der Waals surface area contributed by atoms with Crippen molar-refractivity contribution in [3.63, 3.8) is 0 Å². The third-order valence-electron chi connectivity index (χ3n) is 5.42. The number of aromatic hydroxyl groups is 1. The van der Waals surface area contributed by atoms with E-state index in [1.807, 2.05) is 13.0 Å². The second-order valence-corrected chi connectivity index (χ2v) is 6.73. The Morgan fingerprint density at radius 2 is 1.90 bits per heavy atom. The highest BCUT2D eigenvalue weighted by Crippen LogP contribution is 2.40. The predicted molar refractivity (Wildman–Crippen MR) is 82.9 cm³/mol. The summed E-state index contributed by atoms with van der Waals surface area (Å²) in [5, 5.41) is 10.3. The summed E-state index contributed by atoms with van der Waals surface area (Å²) in [6.45, 7) is 5.49. The summed E-state index contributed by atoms with van der Waals surface area (Å²) in [4.78, 5) is 2.66. The number of piperidine rings is 1. The summed E-state index contributed by atoms with van der Waals surface area (Å²) in [5.41, 5.74) is 2.23. The van der Waals surface area contributed by atoms with Crippen molar-refractivity contribution in [2.75, 3.05) is 6.54 Å². The SMILES string of the molecule is Cc1ccc(C(C)N2CCC[C@H]3CCCC[C@H]32)c(O)c1. The average molecular weight is 273 g/mol. The molecule has 0 aromatic heterocycles. The lowest BCUT2D eigenvalue weighted by Crippen LogP contribution is -2.47. The fraction of sp³-hybridized carbons (Fsp3) is 0.667. The highest BCUT2D eigenvalue weighted by Gasteiger charge is 2.36. The molecule has 2 aliphatic rings. The molecule has 2 nitrogen and oxygen atoms in total. The summed E-state index contributed by atoms with van der Waals surface area (Å²) in [6, 6.07) is 7.21. The third kappa shape index (κ3) is 2.58. The molecule has 2 heteroatoms. The summed E-state index contributed by atoms with van der Waals surface area (Å²) >= 11 is 0. The first-order chi connectivity index (χ1) is 9.66. The molecule has 0 radical (unpaired) electrons. The lowest BCUT2D eigenvalue weighted by Gasteiger charge is -2.47. The highest BCUT2D eigenvalue weighted by atomic mass is 16.3. The van der Waals surface area contributed by atoms with Gasteiger partial charge in [0.25, 0.3) is 0 Å². The van der Waals surface area contributed by atoms with Crippen molar-refractivity contribution < 1.29 is 5.11 Å². The molecule has 3 rings (SSSR count). The number of benzene rings is 1. The Hall–Kier alpha value is -1.02. The van der Waals surface area contributed by atoms with Crippen LogP contribution in [0.1, 0.15) is 62.6 Å². The first kappa shape index (κ1) is 13.9. The molecule has 0 spiro atoms. The fourth-order valence-corrected chi connectivity index (χ4v) is 4.33. The molecule has 1 heterocycles. The van der Waals surface area contributed by atoms with Crippen molar-refractivity contribution in [2.24, 2.45) is 5.92 Å². The molecule has 1 aliphatic heterocycles. The van der Waals surface area contributed by atoms with Gasteiger partial charge < -0.3 is 5.11 Å². The molecular formula is C18H27NO. The van der Waals surface area contributed by atoms with E-state index in [1.165, 1.54) is 45.1 Å². The van der Waals surface area contributed by atoms with Crippen LogP contribution >= 0.6 is 0 Å². The number of fused-ring (bicyclic) bond motifs is 1. The van der Waals surface area contributed by atoms with Gasteiger partial charge in [0.1, 0.15) is 5.75 Å². The quantitative estimate of drug-likeness (QED) is 0.862. The number of phenols is 1. The second kappa shape index (κ2) is 5.77. The molecule has 20 heavy (non-hydrogen) atoms. The zero-order chi connectivity index (χ0) is 14.1. The Balaban J connectivity index is 1.83. The van der Waals surface area contributed by atoms with Gasteiger partial charge in [-0.3, -0.25) is 4.90 Å². The number of aryl methyl sites for hydroxylation is 1. The van der Waals surface area contributed by atoms with E-state index in [9.17, 15) is 5.11 Å². The van der Waals surface area contributed by atoms with E-state index in [0.29, 0.717) is 11.8 Å². The largest absolute Gasteiger partial charge is 0.508 e. The molecule has 1 saturated heterocycles. The van der Waals surface area contributed by atoms with Gasteiger partial charge in [0.05, 0.1) is 0 Å². The monoisotopic (exact) mass is 273 g/mol. The fourth-order valence-electron chi connectivity index (χ4n) is 4.33. The Bertz CT molecular complexity index is 468. The van der Waals surface area contributed by atoms with Crippen molar-refractivity contribution in [3.05, 3.63) is 29.3 Å². The van der Waals surface area contributed by atoms with E-state index in [1.54, 1.807) is 0 Å². The number of rotatable bonds is 2. The molecule has 1 aliphatic carbocycles. The maximum absolute atomic E-state index is 10.3. The maximum atomic E-state index is 10.3. The van der Waals surface area contributed by atoms with Crippen LogP contribution in [0.5, 0.6) is 5.75 Å². The molecule has 110 valence electrons. The van der Waals surface area contributed by atoms with Gasteiger partial charge in [-0.2, -0.15) is 0 Å². The highest BCUT2D eigenvalue weighted by molar-refractivity contribution is 5.38. The average Bonchev–Trinajstić information content (AvgIpc) is 2.46. The van der Waals surface area contributed by atoms with Crippen molar-refractivity contribution in [2.45, 2.75) is 64.5 Å². The topological polar surface area (TPSA) is 23.5 Å². The molecule has 1 unspecified atom stereocenters. The Morgan fingerprint density at radius 3 is 2.70 bits per heavy atom. The minimum atomic E-state index is 0.335. The van der Waals surface area contributed by atoms with Crippen LogP contribution in [0.15, 0.2) is 18.2 Å². The van der Waals surface area contributed by atoms with Gasteiger partial charge >= 0.3 is 0 Å². The number of hydrogen-bond donors (Lipinski definition) is 1. The minimum absolute atomic E-state index is 0.335. The zero-order valence-corrected chi connectivity index (χ0v) is 12.8. The smallest absolute Gasteiger partial charge is 0.120 e. The van der Waals surface area contributed by atoms with E-state index < -0.39 is 0 Å². The molecule has 1 N–H and O–H groups in total. The van der Waals surface area contributed by atoms with E-state index in [0.717, 1.165) is 23.1 Å². The van der Waals surface area contributed by atoms with Crippen LogP contribution in [0.4, 0.5) is 0 Å². The van der Waals surface area contributed by atoms with Gasteiger partial charge in [0.2, 0.25) is 0 Å². The summed E-state index contributed by atoms with van der Waals surface area (Å²) < 4.78 is 0. The molecule has 1 aromatic rings. The third-order valence-corrected chi connectivity index (χ3v) is 5.42. The Morgan fingerprint density at radius 1 is 1.15 bits per heavy atom. The van der Waals surface area contributed by atoms with E-state index in [4.69, 9.17) is 0 Å². The Labute approximate surface area is 122 Å². The summed E-state index contributed by atoms with van der Waals surface area (Å²) in [5.74, 6) is 1.36. The molecular weight excluding hydrogens is 246 g/mol. The first-order valence-corrected chi connectivity index (χ1v) is 8.22.